The Morgan fingerprint density at radius 1 is 1.37 bits per heavy atom. The van der Waals surface area contributed by atoms with Gasteiger partial charge in [0.15, 0.2) is 0 Å². The number of thiazole rings is 1. The fourth-order valence-corrected chi connectivity index (χ4v) is 2.16. The van der Waals surface area contributed by atoms with Gasteiger partial charge >= 0.3 is 5.97 Å². The van der Waals surface area contributed by atoms with Crippen molar-refractivity contribution in [3.63, 3.8) is 0 Å². The van der Waals surface area contributed by atoms with Gasteiger partial charge in [-0.25, -0.2) is 0 Å². The summed E-state index contributed by atoms with van der Waals surface area (Å²) in [6, 6.07) is 6.64. The van der Waals surface area contributed by atoms with E-state index in [1.54, 1.807) is 24.3 Å². The molecule has 0 spiro atoms. The second-order valence-electron chi connectivity index (χ2n) is 3.71. The number of nitrogens with two attached hydrogens (primary N) is 1. The van der Waals surface area contributed by atoms with Gasteiger partial charge in [0.2, 0.25) is 0 Å². The average Bonchev–Trinajstić information content (AvgIpc) is 2.90. The maximum Gasteiger partial charge on any atom is 0.323 e. The third kappa shape index (κ3) is 2.89. The van der Waals surface area contributed by atoms with E-state index in [1.807, 2.05) is 0 Å². The van der Waals surface area contributed by atoms with Crippen molar-refractivity contribution in [2.75, 3.05) is 17.2 Å². The van der Waals surface area contributed by atoms with Gasteiger partial charge in [-0.3, -0.25) is 19.5 Å². The van der Waals surface area contributed by atoms with Gasteiger partial charge in [-0.05, 0) is 12.1 Å². The zero-order chi connectivity index (χ0) is 13.8. The van der Waals surface area contributed by atoms with Crippen molar-refractivity contribution < 1.29 is 14.7 Å². The average molecular weight is 277 g/mol. The van der Waals surface area contributed by atoms with Gasteiger partial charge in [-0.15, -0.1) is 11.3 Å². The lowest BCUT2D eigenvalue weighted by atomic mass is 10.2. The smallest absolute Gasteiger partial charge is 0.323 e. The summed E-state index contributed by atoms with van der Waals surface area (Å²) >= 11 is 1.15. The van der Waals surface area contributed by atoms with Gasteiger partial charge in [0.05, 0.1) is 23.1 Å². The Morgan fingerprint density at radius 2 is 2.11 bits per heavy atom. The van der Waals surface area contributed by atoms with Crippen LogP contribution in [0.25, 0.3) is 0 Å². The molecule has 0 atom stereocenters. The van der Waals surface area contributed by atoms with E-state index in [9.17, 15) is 9.59 Å². The molecule has 98 valence electrons. The van der Waals surface area contributed by atoms with Crippen LogP contribution in [0.1, 0.15) is 9.67 Å². The molecule has 6 nitrogen and oxygen atoms in total. The van der Waals surface area contributed by atoms with Crippen molar-refractivity contribution in [3.8, 4) is 0 Å². The molecule has 1 aromatic heterocycles. The number of nitrogen functional groups attached to an aromatic ring is 1. The first-order valence-corrected chi connectivity index (χ1v) is 6.24. The highest BCUT2D eigenvalue weighted by molar-refractivity contribution is 7.11. The lowest BCUT2D eigenvalue weighted by Gasteiger charge is -2.21. The van der Waals surface area contributed by atoms with Crippen LogP contribution in [-0.4, -0.2) is 28.5 Å². The highest BCUT2D eigenvalue weighted by Crippen LogP contribution is 2.24. The van der Waals surface area contributed by atoms with Crippen LogP contribution in [-0.2, 0) is 4.79 Å². The second kappa shape index (κ2) is 5.49. The number of rotatable bonds is 4. The molecule has 7 heteroatoms. The summed E-state index contributed by atoms with van der Waals surface area (Å²) in [5, 5.41) is 8.94. The topological polar surface area (TPSA) is 96.5 Å². The van der Waals surface area contributed by atoms with Crippen LogP contribution in [0, 0.1) is 0 Å². The molecule has 2 aromatic rings. The Kier molecular flexibility index (Phi) is 3.76. The minimum Gasteiger partial charge on any atom is -0.480 e. The fourth-order valence-electron chi connectivity index (χ4n) is 1.59. The van der Waals surface area contributed by atoms with Crippen LogP contribution < -0.4 is 10.6 Å². The third-order valence-electron chi connectivity index (χ3n) is 2.41. The fraction of sp³-hybridized carbons (Fsp3) is 0.0833. The number of nitrogens with zero attached hydrogens (tertiary/aromatic N) is 2. The number of hydrogen-bond acceptors (Lipinski definition) is 5. The Labute approximate surface area is 113 Å². The lowest BCUT2D eigenvalue weighted by Crippen LogP contribution is -2.35. The number of carboxylic acid groups (broad SMARTS) is 1. The number of carbonyl (C=O) groups excluding carboxylic acids is 1. The van der Waals surface area contributed by atoms with Crippen LogP contribution in [0.5, 0.6) is 0 Å². The zero-order valence-electron chi connectivity index (χ0n) is 9.81. The highest BCUT2D eigenvalue weighted by Gasteiger charge is 2.22. The Bertz CT molecular complexity index is 598. The molecular formula is C12H11N3O3S. The second-order valence-corrected chi connectivity index (χ2v) is 4.60. The van der Waals surface area contributed by atoms with E-state index in [1.165, 1.54) is 11.7 Å². The lowest BCUT2D eigenvalue weighted by molar-refractivity contribution is -0.135. The predicted octanol–water partition coefficient (Wildman–Crippen LogP) is 1.46. The number of para-hydroxylation sites is 2. The molecule has 1 heterocycles. The number of benzene rings is 1. The molecule has 0 saturated carbocycles. The summed E-state index contributed by atoms with van der Waals surface area (Å²) in [5.74, 6) is -1.54. The summed E-state index contributed by atoms with van der Waals surface area (Å²) in [6.07, 6.45) is 1.40. The minimum absolute atomic E-state index is 0.349. The van der Waals surface area contributed by atoms with Gasteiger partial charge in [0.25, 0.3) is 5.91 Å². The normalized spacial score (nSPS) is 10.1. The number of hydrogen-bond donors (Lipinski definition) is 2. The minimum atomic E-state index is -1.11. The van der Waals surface area contributed by atoms with Crippen molar-refractivity contribution in [2.24, 2.45) is 0 Å². The molecule has 0 bridgehead atoms. The summed E-state index contributed by atoms with van der Waals surface area (Å²) < 4.78 is 0. The molecular weight excluding hydrogens is 266 g/mol. The van der Waals surface area contributed by atoms with E-state index in [0.29, 0.717) is 16.3 Å². The summed E-state index contributed by atoms with van der Waals surface area (Å²) in [6.45, 7) is -0.453. The number of amides is 1. The van der Waals surface area contributed by atoms with E-state index in [-0.39, 0.29) is 0 Å². The van der Waals surface area contributed by atoms with E-state index in [2.05, 4.69) is 4.98 Å². The van der Waals surface area contributed by atoms with E-state index in [0.717, 1.165) is 16.2 Å². The summed E-state index contributed by atoms with van der Waals surface area (Å²) in [5.41, 5.74) is 8.03. The standard InChI is InChI=1S/C12H11N3O3S/c13-8-3-1-2-4-9(8)15(6-11(16)17)12(18)10-5-14-7-19-10/h1-5,7H,6,13H2,(H,16,17). The quantitative estimate of drug-likeness (QED) is 0.825. The number of carboxylic acids is 1. The van der Waals surface area contributed by atoms with Crippen LogP contribution >= 0.6 is 11.3 Å². The maximum absolute atomic E-state index is 12.3. The first-order chi connectivity index (χ1) is 9.09. The monoisotopic (exact) mass is 277 g/mol. The third-order valence-corrected chi connectivity index (χ3v) is 3.17. The molecule has 1 aromatic carbocycles. The summed E-state index contributed by atoms with van der Waals surface area (Å²) in [4.78, 5) is 28.5. The number of aliphatic carboxylic acids is 1. The molecule has 0 fully saturated rings. The van der Waals surface area contributed by atoms with Gasteiger partial charge in [0.1, 0.15) is 11.4 Å². The molecule has 0 radical (unpaired) electrons. The van der Waals surface area contributed by atoms with E-state index >= 15 is 0 Å². The Balaban J connectivity index is 2.39. The van der Waals surface area contributed by atoms with Crippen LogP contribution in [0.2, 0.25) is 0 Å². The number of anilines is 2. The first kappa shape index (κ1) is 13.0. The Hall–Kier alpha value is -2.41. The molecule has 0 unspecified atom stereocenters. The van der Waals surface area contributed by atoms with Gasteiger partial charge in [0, 0.05) is 0 Å². The van der Waals surface area contributed by atoms with Crippen LogP contribution in [0.3, 0.4) is 0 Å². The SMILES string of the molecule is Nc1ccccc1N(CC(=O)O)C(=O)c1cncs1. The molecule has 0 aliphatic rings. The molecule has 0 aliphatic carbocycles. The summed E-state index contributed by atoms with van der Waals surface area (Å²) in [7, 11) is 0. The molecule has 0 aliphatic heterocycles. The molecule has 1 amide bonds. The zero-order valence-corrected chi connectivity index (χ0v) is 10.6. The van der Waals surface area contributed by atoms with Gasteiger partial charge in [-0.2, -0.15) is 0 Å². The number of carbonyl (C=O) groups is 2. The molecule has 19 heavy (non-hydrogen) atoms. The Morgan fingerprint density at radius 3 is 2.68 bits per heavy atom. The van der Waals surface area contributed by atoms with Crippen molar-refractivity contribution in [3.05, 3.63) is 40.8 Å². The van der Waals surface area contributed by atoms with E-state index < -0.39 is 18.4 Å². The first-order valence-electron chi connectivity index (χ1n) is 5.36. The van der Waals surface area contributed by atoms with Crippen molar-refractivity contribution in [1.82, 2.24) is 4.98 Å². The molecule has 2 rings (SSSR count). The number of aromatic nitrogens is 1. The molecule has 0 saturated heterocycles. The van der Waals surface area contributed by atoms with Crippen molar-refractivity contribution in [1.29, 1.82) is 0 Å². The predicted molar refractivity (Wildman–Crippen MR) is 72.3 cm³/mol. The maximum atomic E-state index is 12.3. The highest BCUT2D eigenvalue weighted by atomic mass is 32.1. The van der Waals surface area contributed by atoms with E-state index in [4.69, 9.17) is 10.8 Å². The largest absolute Gasteiger partial charge is 0.480 e. The van der Waals surface area contributed by atoms with Gasteiger partial charge < -0.3 is 10.8 Å². The molecule has 3 N–H and O–H groups in total. The van der Waals surface area contributed by atoms with Gasteiger partial charge in [-0.1, -0.05) is 12.1 Å². The van der Waals surface area contributed by atoms with Crippen LogP contribution in [0.15, 0.2) is 36.0 Å². The van der Waals surface area contributed by atoms with Crippen molar-refractivity contribution in [2.45, 2.75) is 0 Å². The van der Waals surface area contributed by atoms with Crippen molar-refractivity contribution >= 4 is 34.6 Å². The van der Waals surface area contributed by atoms with Crippen LogP contribution in [0.4, 0.5) is 11.4 Å².